The third kappa shape index (κ3) is 3.36. The van der Waals surface area contributed by atoms with E-state index in [-0.39, 0.29) is 18.1 Å². The van der Waals surface area contributed by atoms with Crippen molar-refractivity contribution in [3.63, 3.8) is 0 Å². The van der Waals surface area contributed by atoms with Crippen LogP contribution in [0.5, 0.6) is 0 Å². The van der Waals surface area contributed by atoms with Gasteiger partial charge in [0.25, 0.3) is 5.91 Å². The van der Waals surface area contributed by atoms with Crippen LogP contribution in [0.3, 0.4) is 0 Å². The number of anilines is 1. The highest BCUT2D eigenvalue weighted by molar-refractivity contribution is 7.14. The zero-order valence-corrected chi connectivity index (χ0v) is 12.4. The van der Waals surface area contributed by atoms with Crippen LogP contribution in [-0.2, 0) is 9.53 Å². The van der Waals surface area contributed by atoms with E-state index in [9.17, 15) is 9.59 Å². The fourth-order valence-electron chi connectivity index (χ4n) is 2.18. The summed E-state index contributed by atoms with van der Waals surface area (Å²) in [7, 11) is 0. The lowest BCUT2D eigenvalue weighted by Crippen LogP contribution is -2.50. The third-order valence-electron chi connectivity index (χ3n) is 3.37. The van der Waals surface area contributed by atoms with Crippen LogP contribution in [0.1, 0.15) is 24.2 Å². The average Bonchev–Trinajstić information content (AvgIpc) is 2.86. The number of nitrogens with zero attached hydrogens (tertiary/aromatic N) is 1. The summed E-state index contributed by atoms with van der Waals surface area (Å²) in [6.07, 6.45) is 0.127. The second kappa shape index (κ2) is 6.34. The molecule has 1 saturated heterocycles. The van der Waals surface area contributed by atoms with Gasteiger partial charge in [0, 0.05) is 13.1 Å². The Hall–Kier alpha value is -1.44. The summed E-state index contributed by atoms with van der Waals surface area (Å²) < 4.78 is 5.46. The van der Waals surface area contributed by atoms with Crippen LogP contribution < -0.4 is 11.1 Å². The topological polar surface area (TPSA) is 84.7 Å². The Morgan fingerprint density at radius 2 is 2.35 bits per heavy atom. The van der Waals surface area contributed by atoms with Gasteiger partial charge in [-0.1, -0.05) is 0 Å². The Kier molecular flexibility index (Phi) is 4.74. The Morgan fingerprint density at radius 1 is 1.60 bits per heavy atom. The molecule has 3 N–H and O–H groups in total. The van der Waals surface area contributed by atoms with Crippen LogP contribution in [0.2, 0.25) is 0 Å². The van der Waals surface area contributed by atoms with Crippen LogP contribution >= 0.6 is 11.3 Å². The molecular formula is C13H19N3O3S. The second-order valence-corrected chi connectivity index (χ2v) is 5.79. The smallest absolute Gasteiger partial charge is 0.251 e. The number of nitrogens with two attached hydrogens (primary N) is 1. The Morgan fingerprint density at radius 3 is 3.00 bits per heavy atom. The van der Waals surface area contributed by atoms with Gasteiger partial charge in [-0.3, -0.25) is 14.5 Å². The number of carbonyl (C=O) groups is 2. The summed E-state index contributed by atoms with van der Waals surface area (Å²) >= 11 is 1.29. The number of ether oxygens (including phenoxy) is 1. The molecule has 2 unspecified atom stereocenters. The van der Waals surface area contributed by atoms with Crippen molar-refractivity contribution in [3.8, 4) is 0 Å². The molecule has 2 amide bonds. The molecule has 1 aliphatic rings. The average molecular weight is 297 g/mol. The number of morpholine rings is 1. The minimum absolute atomic E-state index is 0.127. The SMILES string of the molecule is CC1CN(C(C)C(=O)Nc2sccc2C(N)=O)CCO1. The molecule has 7 heteroatoms. The molecule has 0 aromatic carbocycles. The van der Waals surface area contributed by atoms with Crippen molar-refractivity contribution in [2.45, 2.75) is 26.0 Å². The van der Waals surface area contributed by atoms with Crippen molar-refractivity contribution in [1.29, 1.82) is 0 Å². The van der Waals surface area contributed by atoms with Crippen molar-refractivity contribution in [2.75, 3.05) is 25.0 Å². The number of rotatable bonds is 4. The molecule has 1 aromatic rings. The van der Waals surface area contributed by atoms with Crippen molar-refractivity contribution in [1.82, 2.24) is 4.90 Å². The molecule has 1 aromatic heterocycles. The number of carbonyl (C=O) groups excluding carboxylic acids is 2. The van der Waals surface area contributed by atoms with Crippen molar-refractivity contribution < 1.29 is 14.3 Å². The standard InChI is InChI=1S/C13H19N3O3S/c1-8-7-16(4-5-19-8)9(2)12(18)15-13-10(11(14)17)3-6-20-13/h3,6,8-9H,4-5,7H2,1-2H3,(H2,14,17)(H,15,18). The Bertz CT molecular complexity index is 503. The van der Waals surface area contributed by atoms with Crippen LogP contribution in [-0.4, -0.2) is 48.6 Å². The number of hydrogen-bond donors (Lipinski definition) is 2. The predicted octanol–water partition coefficient (Wildman–Crippen LogP) is 0.895. The molecule has 2 atom stereocenters. The molecule has 20 heavy (non-hydrogen) atoms. The molecular weight excluding hydrogens is 278 g/mol. The summed E-state index contributed by atoms with van der Waals surface area (Å²) in [4.78, 5) is 25.6. The Balaban J connectivity index is 2.00. The molecule has 1 fully saturated rings. The van der Waals surface area contributed by atoms with Gasteiger partial charge in [0.15, 0.2) is 0 Å². The maximum Gasteiger partial charge on any atom is 0.251 e. The van der Waals surface area contributed by atoms with E-state index in [4.69, 9.17) is 10.5 Å². The molecule has 0 saturated carbocycles. The van der Waals surface area contributed by atoms with E-state index in [2.05, 4.69) is 10.2 Å². The van der Waals surface area contributed by atoms with Crippen LogP contribution in [0, 0.1) is 0 Å². The lowest BCUT2D eigenvalue weighted by atomic mass is 10.2. The lowest BCUT2D eigenvalue weighted by molar-refractivity contribution is -0.123. The normalized spacial score (nSPS) is 21.4. The molecule has 0 bridgehead atoms. The number of thiophene rings is 1. The van der Waals surface area contributed by atoms with Gasteiger partial charge >= 0.3 is 0 Å². The van der Waals surface area contributed by atoms with Gasteiger partial charge in [0.05, 0.1) is 24.3 Å². The maximum absolute atomic E-state index is 12.3. The van der Waals surface area contributed by atoms with E-state index < -0.39 is 5.91 Å². The molecule has 2 rings (SSSR count). The van der Waals surface area contributed by atoms with Crippen molar-refractivity contribution in [3.05, 3.63) is 17.0 Å². The summed E-state index contributed by atoms with van der Waals surface area (Å²) in [5.74, 6) is -0.668. The molecule has 0 aliphatic carbocycles. The van der Waals surface area contributed by atoms with Gasteiger partial charge in [-0.15, -0.1) is 11.3 Å². The highest BCUT2D eigenvalue weighted by atomic mass is 32.1. The van der Waals surface area contributed by atoms with Gasteiger partial charge in [-0.25, -0.2) is 0 Å². The first-order chi connectivity index (χ1) is 9.49. The zero-order chi connectivity index (χ0) is 14.7. The van der Waals surface area contributed by atoms with Gasteiger partial charge in [-0.2, -0.15) is 0 Å². The summed E-state index contributed by atoms with van der Waals surface area (Å²) in [5, 5.41) is 5.02. The van der Waals surface area contributed by atoms with Crippen LogP contribution in [0.4, 0.5) is 5.00 Å². The molecule has 6 nitrogen and oxygen atoms in total. The molecule has 2 heterocycles. The van der Waals surface area contributed by atoms with E-state index >= 15 is 0 Å². The predicted molar refractivity (Wildman–Crippen MR) is 77.9 cm³/mol. The second-order valence-electron chi connectivity index (χ2n) is 4.87. The zero-order valence-electron chi connectivity index (χ0n) is 11.6. The first kappa shape index (κ1) is 15.0. The fraction of sp³-hybridized carbons (Fsp3) is 0.538. The van der Waals surface area contributed by atoms with Gasteiger partial charge in [0.1, 0.15) is 5.00 Å². The third-order valence-corrected chi connectivity index (χ3v) is 4.20. The first-order valence-corrected chi connectivity index (χ1v) is 7.41. The molecule has 0 radical (unpaired) electrons. The lowest BCUT2D eigenvalue weighted by Gasteiger charge is -2.34. The van der Waals surface area contributed by atoms with E-state index in [0.29, 0.717) is 17.2 Å². The number of amides is 2. The van der Waals surface area contributed by atoms with E-state index in [0.717, 1.165) is 13.1 Å². The van der Waals surface area contributed by atoms with Crippen LogP contribution in [0.25, 0.3) is 0 Å². The summed E-state index contributed by atoms with van der Waals surface area (Å²) in [5.41, 5.74) is 5.61. The Labute approximate surface area is 121 Å². The minimum Gasteiger partial charge on any atom is -0.376 e. The van der Waals surface area contributed by atoms with E-state index in [1.807, 2.05) is 13.8 Å². The van der Waals surface area contributed by atoms with Gasteiger partial charge in [0.2, 0.25) is 5.91 Å². The van der Waals surface area contributed by atoms with Crippen molar-refractivity contribution in [2.24, 2.45) is 5.73 Å². The first-order valence-electron chi connectivity index (χ1n) is 6.53. The van der Waals surface area contributed by atoms with Crippen LogP contribution in [0.15, 0.2) is 11.4 Å². The molecule has 110 valence electrons. The van der Waals surface area contributed by atoms with Gasteiger partial charge < -0.3 is 15.8 Å². The minimum atomic E-state index is -0.533. The largest absolute Gasteiger partial charge is 0.376 e. The number of hydrogen-bond acceptors (Lipinski definition) is 5. The highest BCUT2D eigenvalue weighted by Crippen LogP contribution is 2.23. The molecule has 1 aliphatic heterocycles. The van der Waals surface area contributed by atoms with E-state index in [1.54, 1.807) is 11.4 Å². The quantitative estimate of drug-likeness (QED) is 0.864. The maximum atomic E-state index is 12.3. The molecule has 0 spiro atoms. The number of primary amides is 1. The van der Waals surface area contributed by atoms with Gasteiger partial charge in [-0.05, 0) is 25.3 Å². The van der Waals surface area contributed by atoms with E-state index in [1.165, 1.54) is 11.3 Å². The van der Waals surface area contributed by atoms with Crippen molar-refractivity contribution >= 4 is 28.2 Å². The summed E-state index contributed by atoms with van der Waals surface area (Å²) in [6.45, 7) is 5.92. The fourth-order valence-corrected chi connectivity index (χ4v) is 2.97. The highest BCUT2D eigenvalue weighted by Gasteiger charge is 2.26. The monoisotopic (exact) mass is 297 g/mol. The number of nitrogens with one attached hydrogen (secondary N) is 1. The summed E-state index contributed by atoms with van der Waals surface area (Å²) in [6, 6.07) is 1.34.